The summed E-state index contributed by atoms with van der Waals surface area (Å²) in [6.07, 6.45) is 0. The van der Waals surface area contributed by atoms with Gasteiger partial charge in [-0.15, -0.1) is 0 Å². The molecule has 0 spiro atoms. The van der Waals surface area contributed by atoms with Crippen molar-refractivity contribution in [2.45, 2.75) is 13.0 Å². The molecule has 2 rings (SSSR count). The fourth-order valence-electron chi connectivity index (χ4n) is 2.02. The van der Waals surface area contributed by atoms with Crippen molar-refractivity contribution >= 4 is 17.6 Å². The lowest BCUT2D eigenvalue weighted by molar-refractivity contribution is -0.137. The molecule has 7 nitrogen and oxygen atoms in total. The molecule has 0 aromatic heterocycles. The number of carbonyl (C=O) groups excluding carboxylic acids is 2. The Morgan fingerprint density at radius 1 is 1.33 bits per heavy atom. The molecule has 1 aromatic carbocycles. The summed E-state index contributed by atoms with van der Waals surface area (Å²) in [7, 11) is 0. The Bertz CT molecular complexity index is 622. The van der Waals surface area contributed by atoms with Crippen molar-refractivity contribution in [2.24, 2.45) is 16.6 Å². The van der Waals surface area contributed by atoms with Crippen molar-refractivity contribution in [2.75, 3.05) is 6.61 Å². The summed E-state index contributed by atoms with van der Waals surface area (Å²) in [6.45, 7) is 1.85. The lowest BCUT2D eigenvalue weighted by atomic mass is 10.0. The fourth-order valence-corrected chi connectivity index (χ4v) is 2.02. The van der Waals surface area contributed by atoms with Gasteiger partial charge in [-0.25, -0.2) is 15.6 Å². The molecule has 0 unspecified atom stereocenters. The zero-order valence-electron chi connectivity index (χ0n) is 11.5. The maximum atomic E-state index is 12.4. The van der Waals surface area contributed by atoms with Gasteiger partial charge in [0.15, 0.2) is 17.7 Å². The van der Waals surface area contributed by atoms with Gasteiger partial charge in [0.25, 0.3) is 0 Å². The zero-order valence-corrected chi connectivity index (χ0v) is 11.5. The Balaban J connectivity index is 2.36. The summed E-state index contributed by atoms with van der Waals surface area (Å²) in [6, 6.07) is 7.61. The molecule has 1 aliphatic heterocycles. The quantitative estimate of drug-likeness (QED) is 0.308. The van der Waals surface area contributed by atoms with Gasteiger partial charge in [0.2, 0.25) is 0 Å². The van der Waals surface area contributed by atoms with Crippen molar-refractivity contribution in [3.05, 3.63) is 47.2 Å². The molecule has 0 saturated heterocycles. The molecule has 5 N–H and O–H groups in total. The van der Waals surface area contributed by atoms with Crippen LogP contribution in [0.1, 0.15) is 17.3 Å². The number of aliphatic imine (C=N–C) groups is 1. The maximum Gasteiger partial charge on any atom is 0.343 e. The van der Waals surface area contributed by atoms with E-state index in [1.54, 1.807) is 37.3 Å². The molecule has 0 aliphatic carbocycles. The number of ketones is 1. The fraction of sp³-hybridized carbons (Fsp3) is 0.214. The van der Waals surface area contributed by atoms with Crippen LogP contribution in [0.15, 0.2) is 46.6 Å². The number of esters is 1. The first-order valence-corrected chi connectivity index (χ1v) is 6.41. The van der Waals surface area contributed by atoms with Crippen LogP contribution in [0, 0.1) is 0 Å². The lowest BCUT2D eigenvalue weighted by Gasteiger charge is -2.08. The minimum absolute atomic E-state index is 0.00799. The van der Waals surface area contributed by atoms with E-state index in [0.717, 1.165) is 0 Å². The number of rotatable bonds is 4. The number of Topliss-reactive ketones (excluding diaryl/α,β-unsaturated/α-hetero) is 1. The molecular formula is C14H16N4O3. The van der Waals surface area contributed by atoms with Crippen molar-refractivity contribution in [3.63, 3.8) is 0 Å². The number of nitrogens with zero attached hydrogens (tertiary/aromatic N) is 1. The van der Waals surface area contributed by atoms with Gasteiger partial charge in [0.05, 0.1) is 12.3 Å². The Morgan fingerprint density at radius 2 is 2.00 bits per heavy atom. The van der Waals surface area contributed by atoms with E-state index in [1.165, 1.54) is 0 Å². The Morgan fingerprint density at radius 3 is 2.57 bits per heavy atom. The second kappa shape index (κ2) is 6.19. The van der Waals surface area contributed by atoms with Gasteiger partial charge in [-0.1, -0.05) is 30.3 Å². The summed E-state index contributed by atoms with van der Waals surface area (Å²) in [5.74, 6) is 4.42. The Hall–Kier alpha value is -2.67. The predicted octanol–water partition coefficient (Wildman–Crippen LogP) is -0.111. The van der Waals surface area contributed by atoms with Crippen LogP contribution in [0.3, 0.4) is 0 Å². The minimum atomic E-state index is -0.974. The van der Waals surface area contributed by atoms with Gasteiger partial charge in [0, 0.05) is 5.56 Å². The predicted molar refractivity (Wildman–Crippen MR) is 77.2 cm³/mol. The van der Waals surface area contributed by atoms with E-state index >= 15 is 0 Å². The summed E-state index contributed by atoms with van der Waals surface area (Å²) >= 11 is 0. The normalized spacial score (nSPS) is 17.4. The number of ether oxygens (including phenoxy) is 1. The largest absolute Gasteiger partial charge is 0.462 e. The number of nitrogens with two attached hydrogens (primary N) is 2. The van der Waals surface area contributed by atoms with Crippen molar-refractivity contribution < 1.29 is 14.3 Å². The highest BCUT2D eigenvalue weighted by molar-refractivity contribution is 6.23. The molecule has 0 amide bonds. The highest BCUT2D eigenvalue weighted by Gasteiger charge is 2.35. The standard InChI is InChI=1S/C14H16N4O3/c1-2-21-14(20)9-10(15)11(17-13(9)18-16)12(19)8-6-4-3-5-7-8/h3-7,11H,2,15-16H2,1H3,(H,17,18)/t11-/m0/s1. The van der Waals surface area contributed by atoms with Gasteiger partial charge in [-0.3, -0.25) is 4.79 Å². The van der Waals surface area contributed by atoms with Crippen LogP contribution < -0.4 is 17.0 Å². The van der Waals surface area contributed by atoms with E-state index in [0.29, 0.717) is 5.56 Å². The van der Waals surface area contributed by atoms with Crippen LogP contribution in [0.2, 0.25) is 0 Å². The highest BCUT2D eigenvalue weighted by atomic mass is 16.5. The van der Waals surface area contributed by atoms with Crippen LogP contribution in [0.25, 0.3) is 0 Å². The number of amidine groups is 1. The first kappa shape index (κ1) is 14.7. The Labute approximate surface area is 121 Å². The van der Waals surface area contributed by atoms with E-state index in [2.05, 4.69) is 10.4 Å². The van der Waals surface area contributed by atoms with E-state index in [1.807, 2.05) is 0 Å². The molecule has 1 atom stereocenters. The third-order valence-electron chi connectivity index (χ3n) is 3.00. The topological polar surface area (TPSA) is 120 Å². The van der Waals surface area contributed by atoms with Crippen LogP contribution >= 0.6 is 0 Å². The van der Waals surface area contributed by atoms with Gasteiger partial charge >= 0.3 is 5.97 Å². The lowest BCUT2D eigenvalue weighted by Crippen LogP contribution is -2.34. The van der Waals surface area contributed by atoms with Gasteiger partial charge in [-0.2, -0.15) is 0 Å². The van der Waals surface area contributed by atoms with Crippen molar-refractivity contribution in [3.8, 4) is 0 Å². The summed E-state index contributed by atoms with van der Waals surface area (Å²) in [5.41, 5.74) is 8.69. The van der Waals surface area contributed by atoms with Gasteiger partial charge in [-0.05, 0) is 6.92 Å². The molecular weight excluding hydrogens is 272 g/mol. The third-order valence-corrected chi connectivity index (χ3v) is 3.00. The molecule has 0 fully saturated rings. The number of benzene rings is 1. The monoisotopic (exact) mass is 288 g/mol. The molecule has 0 radical (unpaired) electrons. The molecule has 0 bridgehead atoms. The number of hydrogen-bond acceptors (Lipinski definition) is 7. The molecule has 1 aromatic rings. The number of hydrogen-bond donors (Lipinski definition) is 3. The second-order valence-electron chi connectivity index (χ2n) is 4.31. The smallest absolute Gasteiger partial charge is 0.343 e. The van der Waals surface area contributed by atoms with Crippen LogP contribution in [0.4, 0.5) is 0 Å². The summed E-state index contributed by atoms with van der Waals surface area (Å²) in [5, 5.41) is 0. The highest BCUT2D eigenvalue weighted by Crippen LogP contribution is 2.21. The first-order valence-electron chi connectivity index (χ1n) is 6.41. The minimum Gasteiger partial charge on any atom is -0.462 e. The number of nitrogens with one attached hydrogen (secondary N) is 1. The number of hydrazine groups is 1. The molecule has 7 heteroatoms. The zero-order chi connectivity index (χ0) is 15.4. The first-order chi connectivity index (χ1) is 10.1. The molecule has 1 aliphatic rings. The van der Waals surface area contributed by atoms with Crippen molar-refractivity contribution in [1.29, 1.82) is 0 Å². The second-order valence-corrected chi connectivity index (χ2v) is 4.31. The van der Waals surface area contributed by atoms with E-state index in [4.69, 9.17) is 16.3 Å². The van der Waals surface area contributed by atoms with E-state index < -0.39 is 12.0 Å². The summed E-state index contributed by atoms with van der Waals surface area (Å²) in [4.78, 5) is 28.4. The molecule has 21 heavy (non-hydrogen) atoms. The summed E-state index contributed by atoms with van der Waals surface area (Å²) < 4.78 is 4.90. The SMILES string of the molecule is CCOC(=O)C1=C(N)[C@@H](C(=O)c2ccccc2)N=C1NN. The maximum absolute atomic E-state index is 12.4. The average molecular weight is 288 g/mol. The van der Waals surface area contributed by atoms with Crippen LogP contribution in [-0.2, 0) is 9.53 Å². The van der Waals surface area contributed by atoms with Crippen LogP contribution in [-0.4, -0.2) is 30.2 Å². The van der Waals surface area contributed by atoms with Gasteiger partial charge < -0.3 is 15.9 Å². The van der Waals surface area contributed by atoms with E-state index in [-0.39, 0.29) is 29.5 Å². The van der Waals surface area contributed by atoms with Crippen molar-refractivity contribution in [1.82, 2.24) is 5.43 Å². The third kappa shape index (κ3) is 2.77. The van der Waals surface area contributed by atoms with E-state index in [9.17, 15) is 9.59 Å². The molecule has 1 heterocycles. The average Bonchev–Trinajstić information content (AvgIpc) is 2.84. The Kier molecular flexibility index (Phi) is 4.34. The molecule has 0 saturated carbocycles. The van der Waals surface area contributed by atoms with Crippen LogP contribution in [0.5, 0.6) is 0 Å². The molecule has 110 valence electrons. The number of carbonyl (C=O) groups is 2. The van der Waals surface area contributed by atoms with Gasteiger partial charge in [0.1, 0.15) is 5.57 Å².